The van der Waals surface area contributed by atoms with Gasteiger partial charge in [-0.2, -0.15) is 0 Å². The molecule has 0 radical (unpaired) electrons. The Morgan fingerprint density at radius 3 is 2.38 bits per heavy atom. The summed E-state index contributed by atoms with van der Waals surface area (Å²) in [5, 5.41) is 0. The van der Waals surface area contributed by atoms with Gasteiger partial charge in [0, 0.05) is 6.92 Å². The molecule has 0 saturated carbocycles. The molecule has 0 atom stereocenters. The van der Waals surface area contributed by atoms with E-state index in [2.05, 4.69) is 30.4 Å². The fourth-order valence-electron chi connectivity index (χ4n) is 0.876. The molecule has 0 amide bonds. The summed E-state index contributed by atoms with van der Waals surface area (Å²) in [6, 6.07) is 0. The monoisotopic (exact) mass is 184 g/mol. The van der Waals surface area contributed by atoms with Gasteiger partial charge in [0.05, 0.1) is 13.1 Å². The van der Waals surface area contributed by atoms with Crippen LogP contribution in [0.5, 0.6) is 0 Å². The molecule has 0 unspecified atom stereocenters. The van der Waals surface area contributed by atoms with Crippen LogP contribution in [0, 0.1) is 11.8 Å². The highest BCUT2D eigenvalue weighted by Crippen LogP contribution is 1.71. The van der Waals surface area contributed by atoms with E-state index in [1.54, 1.807) is 0 Å². The molecule has 0 rings (SSSR count). The number of hydrogen-bond acceptors (Lipinski definition) is 2. The van der Waals surface area contributed by atoms with Crippen molar-refractivity contribution in [3.63, 3.8) is 0 Å². The Morgan fingerprint density at radius 2 is 1.92 bits per heavy atom. The van der Waals surface area contributed by atoms with Crippen LogP contribution in [0.15, 0.2) is 0 Å². The number of rotatable bonds is 4. The Labute approximate surface area is 80.1 Å². The van der Waals surface area contributed by atoms with Crippen LogP contribution in [0.3, 0.4) is 0 Å². The molecule has 0 heterocycles. The molecule has 0 aromatic carbocycles. The summed E-state index contributed by atoms with van der Waals surface area (Å²) >= 11 is 0. The van der Waals surface area contributed by atoms with Crippen LogP contribution in [0.1, 0.15) is 20.8 Å². The molecule has 0 bridgehead atoms. The molecule has 0 aliphatic heterocycles. The minimum Gasteiger partial charge on any atom is -0.453 e. The van der Waals surface area contributed by atoms with Gasteiger partial charge >= 0.3 is 5.97 Å². The van der Waals surface area contributed by atoms with Crippen LogP contribution in [-0.2, 0) is 9.53 Å². The van der Waals surface area contributed by atoms with Gasteiger partial charge in [0.15, 0.2) is 6.61 Å². The molecule has 0 aliphatic rings. The van der Waals surface area contributed by atoms with Gasteiger partial charge in [-0.3, -0.25) is 4.79 Å². The minimum absolute atomic E-state index is 0.218. The van der Waals surface area contributed by atoms with Gasteiger partial charge in [0.25, 0.3) is 0 Å². The van der Waals surface area contributed by atoms with Crippen molar-refractivity contribution in [1.29, 1.82) is 0 Å². The van der Waals surface area contributed by atoms with Crippen LogP contribution in [0.25, 0.3) is 0 Å². The van der Waals surface area contributed by atoms with Crippen LogP contribution < -0.4 is 4.90 Å². The van der Waals surface area contributed by atoms with E-state index in [1.165, 1.54) is 11.8 Å². The van der Waals surface area contributed by atoms with E-state index >= 15 is 0 Å². The highest BCUT2D eigenvalue weighted by molar-refractivity contribution is 5.66. The van der Waals surface area contributed by atoms with E-state index in [-0.39, 0.29) is 12.6 Å². The Hall–Kier alpha value is -1.01. The number of ether oxygens (including phenoxy) is 1. The van der Waals surface area contributed by atoms with Crippen molar-refractivity contribution in [2.45, 2.75) is 20.8 Å². The number of carbonyl (C=O) groups is 1. The van der Waals surface area contributed by atoms with E-state index in [1.807, 2.05) is 0 Å². The number of esters is 1. The van der Waals surface area contributed by atoms with E-state index in [0.29, 0.717) is 0 Å². The van der Waals surface area contributed by atoms with Crippen molar-refractivity contribution in [1.82, 2.24) is 0 Å². The minimum atomic E-state index is -0.274. The Morgan fingerprint density at radius 1 is 1.31 bits per heavy atom. The standard InChI is InChI=1S/C10H17NO2/c1-4-11(5-2)8-6-7-9-13-10(3)12/h4-5,8-9H2,1-3H3/p+1. The molecule has 3 heteroatoms. The van der Waals surface area contributed by atoms with Gasteiger partial charge < -0.3 is 9.64 Å². The molecule has 0 spiro atoms. The maximum atomic E-state index is 10.4. The van der Waals surface area contributed by atoms with Crippen molar-refractivity contribution >= 4 is 5.97 Å². The summed E-state index contributed by atoms with van der Waals surface area (Å²) in [5.74, 6) is 5.51. The van der Waals surface area contributed by atoms with Crippen LogP contribution in [-0.4, -0.2) is 32.2 Å². The molecule has 13 heavy (non-hydrogen) atoms. The van der Waals surface area contributed by atoms with Crippen LogP contribution >= 0.6 is 0 Å². The molecular weight excluding hydrogens is 166 g/mol. The second-order valence-electron chi connectivity index (χ2n) is 2.77. The molecule has 0 fully saturated rings. The van der Waals surface area contributed by atoms with E-state index in [0.717, 1.165) is 19.6 Å². The van der Waals surface area contributed by atoms with Crippen molar-refractivity contribution in [3.8, 4) is 11.8 Å². The Bertz CT molecular complexity index is 199. The summed E-state index contributed by atoms with van der Waals surface area (Å²) in [6.07, 6.45) is 0. The molecule has 3 nitrogen and oxygen atoms in total. The van der Waals surface area contributed by atoms with Gasteiger partial charge in [-0.15, -0.1) is 0 Å². The van der Waals surface area contributed by atoms with Gasteiger partial charge in [-0.25, -0.2) is 0 Å². The van der Waals surface area contributed by atoms with Gasteiger partial charge in [-0.05, 0) is 19.8 Å². The number of quaternary nitrogens is 1. The zero-order valence-corrected chi connectivity index (χ0v) is 8.64. The quantitative estimate of drug-likeness (QED) is 0.471. The molecule has 0 saturated heterocycles. The van der Waals surface area contributed by atoms with Crippen LogP contribution in [0.4, 0.5) is 0 Å². The summed E-state index contributed by atoms with van der Waals surface area (Å²) in [4.78, 5) is 11.8. The highest BCUT2D eigenvalue weighted by Gasteiger charge is 1.96. The van der Waals surface area contributed by atoms with Crippen LogP contribution in [0.2, 0.25) is 0 Å². The zero-order valence-electron chi connectivity index (χ0n) is 8.64. The summed E-state index contributed by atoms with van der Waals surface area (Å²) in [5.41, 5.74) is 0. The molecule has 0 aromatic heterocycles. The SMILES string of the molecule is CC[NH+](CC)CC#CCOC(C)=O. The lowest BCUT2D eigenvalue weighted by Crippen LogP contribution is -3.11. The summed E-state index contributed by atoms with van der Waals surface area (Å²) in [7, 11) is 0. The average molecular weight is 184 g/mol. The normalized spacial score (nSPS) is 9.23. The maximum absolute atomic E-state index is 10.4. The largest absolute Gasteiger partial charge is 0.453 e. The first kappa shape index (κ1) is 12.0. The molecule has 74 valence electrons. The molecular formula is C10H18NO2+. The van der Waals surface area contributed by atoms with Crippen molar-refractivity contribution in [2.75, 3.05) is 26.2 Å². The zero-order chi connectivity index (χ0) is 10.1. The first-order valence-corrected chi connectivity index (χ1v) is 4.63. The average Bonchev–Trinajstić information content (AvgIpc) is 2.11. The van der Waals surface area contributed by atoms with E-state index in [9.17, 15) is 4.79 Å². The third-order valence-electron chi connectivity index (χ3n) is 1.81. The molecule has 0 aromatic rings. The Balaban J connectivity index is 3.54. The Kier molecular flexibility index (Phi) is 7.04. The lowest BCUT2D eigenvalue weighted by atomic mass is 10.4. The topological polar surface area (TPSA) is 30.7 Å². The van der Waals surface area contributed by atoms with E-state index in [4.69, 9.17) is 0 Å². The fourth-order valence-corrected chi connectivity index (χ4v) is 0.876. The van der Waals surface area contributed by atoms with Gasteiger partial charge in [-0.1, -0.05) is 5.92 Å². The van der Waals surface area contributed by atoms with Crippen molar-refractivity contribution in [2.24, 2.45) is 0 Å². The van der Waals surface area contributed by atoms with Gasteiger partial charge in [0.1, 0.15) is 6.54 Å². The molecule has 0 aliphatic carbocycles. The fraction of sp³-hybridized carbons (Fsp3) is 0.700. The third kappa shape index (κ3) is 7.35. The third-order valence-corrected chi connectivity index (χ3v) is 1.81. The smallest absolute Gasteiger partial charge is 0.303 e. The summed E-state index contributed by atoms with van der Waals surface area (Å²) in [6.45, 7) is 8.86. The maximum Gasteiger partial charge on any atom is 0.303 e. The predicted molar refractivity (Wildman–Crippen MR) is 51.3 cm³/mol. The first-order valence-electron chi connectivity index (χ1n) is 4.63. The lowest BCUT2D eigenvalue weighted by Gasteiger charge is -2.10. The number of hydrogen-bond donors (Lipinski definition) is 1. The highest BCUT2D eigenvalue weighted by atomic mass is 16.5. The second-order valence-corrected chi connectivity index (χ2v) is 2.77. The first-order chi connectivity index (χ1) is 6.20. The van der Waals surface area contributed by atoms with E-state index < -0.39 is 0 Å². The number of nitrogens with one attached hydrogen (secondary N) is 1. The molecule has 1 N–H and O–H groups in total. The lowest BCUT2D eigenvalue weighted by molar-refractivity contribution is -0.889. The van der Waals surface area contributed by atoms with Crippen molar-refractivity contribution < 1.29 is 14.4 Å². The summed E-state index contributed by atoms with van der Waals surface area (Å²) < 4.78 is 4.67. The van der Waals surface area contributed by atoms with Gasteiger partial charge in [0.2, 0.25) is 0 Å². The van der Waals surface area contributed by atoms with Crippen molar-refractivity contribution in [3.05, 3.63) is 0 Å². The number of carbonyl (C=O) groups excluding carboxylic acids is 1. The predicted octanol–water partition coefficient (Wildman–Crippen LogP) is -0.522. The second kappa shape index (κ2) is 7.63.